The molecule has 6 heteroatoms. The summed E-state index contributed by atoms with van der Waals surface area (Å²) in [6.45, 7) is 6.72. The molecule has 27 heavy (non-hydrogen) atoms. The first-order valence-corrected chi connectivity index (χ1v) is 11.0. The molecule has 1 aliphatic rings. The van der Waals surface area contributed by atoms with Crippen molar-refractivity contribution < 1.29 is 14.3 Å². The van der Waals surface area contributed by atoms with Crippen LogP contribution in [-0.4, -0.2) is 29.4 Å². The maximum Gasteiger partial charge on any atom is 0.271 e. The van der Waals surface area contributed by atoms with Crippen LogP contribution < -0.4 is 5.43 Å². The van der Waals surface area contributed by atoms with Gasteiger partial charge in [-0.1, -0.05) is 78.1 Å². The lowest BCUT2D eigenvalue weighted by Gasteiger charge is -2.19. The molecule has 0 saturated heterocycles. The lowest BCUT2D eigenvalue weighted by molar-refractivity contribution is -0.141. The van der Waals surface area contributed by atoms with Gasteiger partial charge in [0.25, 0.3) is 5.91 Å². The molecule has 1 rings (SSSR count). The summed E-state index contributed by atoms with van der Waals surface area (Å²) >= 11 is 0. The van der Waals surface area contributed by atoms with E-state index in [1.807, 2.05) is 6.92 Å². The van der Waals surface area contributed by atoms with Gasteiger partial charge in [0.2, 0.25) is 11.8 Å². The third-order valence-corrected chi connectivity index (χ3v) is 4.96. The molecule has 156 valence electrons. The smallest absolute Gasteiger partial charge is 0.271 e. The van der Waals surface area contributed by atoms with Crippen molar-refractivity contribution in [2.24, 2.45) is 11.0 Å². The first kappa shape index (κ1) is 23.4. The summed E-state index contributed by atoms with van der Waals surface area (Å²) in [7, 11) is 0. The lowest BCUT2D eigenvalue weighted by Crippen LogP contribution is -2.43. The van der Waals surface area contributed by atoms with E-state index in [4.69, 9.17) is 4.74 Å². The summed E-state index contributed by atoms with van der Waals surface area (Å²) in [5.41, 5.74) is 2.70. The normalized spacial score (nSPS) is 15.0. The van der Waals surface area contributed by atoms with E-state index in [2.05, 4.69) is 24.4 Å². The van der Waals surface area contributed by atoms with Crippen LogP contribution in [0.1, 0.15) is 104 Å². The maximum atomic E-state index is 12.7. The predicted octanol–water partition coefficient (Wildman–Crippen LogP) is 4.94. The number of carbonyl (C=O) groups excluding carboxylic acids is 2. The minimum absolute atomic E-state index is 0.0489. The molecular formula is C21H39N3O3. The number of ether oxygens (including phenoxy) is 1. The molecule has 1 N–H and O–H groups in total. The summed E-state index contributed by atoms with van der Waals surface area (Å²) in [5, 5.41) is 5.13. The largest absolute Gasteiger partial charge is 0.480 e. The number of carbonyl (C=O) groups is 2. The van der Waals surface area contributed by atoms with Crippen molar-refractivity contribution in [2.45, 2.75) is 104 Å². The number of nitrogens with one attached hydrogen (secondary N) is 1. The second kappa shape index (κ2) is 14.5. The van der Waals surface area contributed by atoms with Crippen molar-refractivity contribution in [3.63, 3.8) is 0 Å². The maximum absolute atomic E-state index is 12.7. The number of hydrazone groups is 1. The van der Waals surface area contributed by atoms with Crippen LogP contribution in [0.2, 0.25) is 0 Å². The molecule has 1 heterocycles. The highest BCUT2D eigenvalue weighted by atomic mass is 16.5. The van der Waals surface area contributed by atoms with Gasteiger partial charge in [0.15, 0.2) is 0 Å². The van der Waals surface area contributed by atoms with Crippen LogP contribution in [0.5, 0.6) is 0 Å². The second-order valence-electron chi connectivity index (χ2n) is 7.39. The third-order valence-electron chi connectivity index (χ3n) is 4.96. The summed E-state index contributed by atoms with van der Waals surface area (Å²) in [6.07, 6.45) is 13.8. The fourth-order valence-corrected chi connectivity index (χ4v) is 3.33. The highest BCUT2D eigenvalue weighted by Gasteiger charge is 2.28. The Morgan fingerprint density at radius 1 is 1.00 bits per heavy atom. The Morgan fingerprint density at radius 2 is 1.56 bits per heavy atom. The van der Waals surface area contributed by atoms with Crippen LogP contribution in [0.4, 0.5) is 0 Å². The first-order chi connectivity index (χ1) is 13.1. The Balaban J connectivity index is 2.48. The van der Waals surface area contributed by atoms with Gasteiger partial charge in [-0.3, -0.25) is 9.59 Å². The third kappa shape index (κ3) is 9.78. The van der Waals surface area contributed by atoms with Crippen molar-refractivity contribution in [1.82, 2.24) is 10.5 Å². The fraction of sp³-hybridized carbons (Fsp3) is 0.857. The highest BCUT2D eigenvalue weighted by molar-refractivity contribution is 6.01. The van der Waals surface area contributed by atoms with Gasteiger partial charge in [-0.25, -0.2) is 5.43 Å². The number of unbranched alkanes of at least 4 members (excludes halogenated alkanes) is 8. The van der Waals surface area contributed by atoms with Crippen LogP contribution in [0.15, 0.2) is 5.10 Å². The van der Waals surface area contributed by atoms with Gasteiger partial charge < -0.3 is 4.74 Å². The first-order valence-electron chi connectivity index (χ1n) is 11.0. The average molecular weight is 382 g/mol. The Bertz CT molecular complexity index is 466. The standard InChI is InChI=1S/C21H39N3O3/c1-4-7-9-11-12-14-16-18(15-13-10-8-5-2)21(26)23-24-20(25)17-19(22-24)27-6-3/h18H,4-17H2,1-3H3,(H,23,26). The molecule has 0 aliphatic carbocycles. The molecule has 0 bridgehead atoms. The number of nitrogens with zero attached hydrogens (tertiary/aromatic N) is 2. The minimum Gasteiger partial charge on any atom is -0.480 e. The summed E-state index contributed by atoms with van der Waals surface area (Å²) in [5.74, 6) is -0.00333. The molecule has 0 spiro atoms. The van der Waals surface area contributed by atoms with E-state index in [1.165, 1.54) is 44.9 Å². The molecule has 6 nitrogen and oxygen atoms in total. The van der Waals surface area contributed by atoms with E-state index < -0.39 is 0 Å². The molecule has 1 aliphatic heterocycles. The van der Waals surface area contributed by atoms with Gasteiger partial charge in [0.1, 0.15) is 6.42 Å². The molecule has 0 aromatic rings. The molecule has 0 aromatic heterocycles. The molecule has 0 saturated carbocycles. The zero-order chi connectivity index (χ0) is 19.9. The Hall–Kier alpha value is -1.59. The number of hydrogen-bond donors (Lipinski definition) is 1. The van der Waals surface area contributed by atoms with E-state index in [0.717, 1.165) is 37.2 Å². The molecule has 0 fully saturated rings. The van der Waals surface area contributed by atoms with Crippen LogP contribution in [0.25, 0.3) is 0 Å². The van der Waals surface area contributed by atoms with Crippen molar-refractivity contribution in [1.29, 1.82) is 0 Å². The Labute approximate surface area is 165 Å². The Kier molecular flexibility index (Phi) is 12.6. The van der Waals surface area contributed by atoms with Crippen molar-refractivity contribution in [3.8, 4) is 0 Å². The molecule has 2 amide bonds. The van der Waals surface area contributed by atoms with Crippen molar-refractivity contribution in [2.75, 3.05) is 6.61 Å². The number of amides is 2. The van der Waals surface area contributed by atoms with E-state index >= 15 is 0 Å². The van der Waals surface area contributed by atoms with Crippen LogP contribution in [-0.2, 0) is 14.3 Å². The number of hydrogen-bond acceptors (Lipinski definition) is 4. The van der Waals surface area contributed by atoms with Crippen LogP contribution in [0, 0.1) is 5.92 Å². The summed E-state index contributed by atoms with van der Waals surface area (Å²) in [6, 6.07) is 0. The molecule has 1 atom stereocenters. The minimum atomic E-state index is -0.240. The SMILES string of the molecule is CCCCCCCCC(CCCCCC)C(=O)NN1N=C(OCC)CC1=O. The van der Waals surface area contributed by atoms with Crippen molar-refractivity contribution >= 4 is 17.7 Å². The van der Waals surface area contributed by atoms with E-state index in [0.29, 0.717) is 12.5 Å². The predicted molar refractivity (Wildman–Crippen MR) is 109 cm³/mol. The number of rotatable bonds is 15. The van der Waals surface area contributed by atoms with Gasteiger partial charge in [0, 0.05) is 5.92 Å². The van der Waals surface area contributed by atoms with E-state index in [-0.39, 0.29) is 24.2 Å². The molecule has 1 unspecified atom stereocenters. The van der Waals surface area contributed by atoms with Gasteiger partial charge in [-0.05, 0) is 19.8 Å². The monoisotopic (exact) mass is 381 g/mol. The number of hydrazine groups is 1. The average Bonchev–Trinajstić information content (AvgIpc) is 2.99. The van der Waals surface area contributed by atoms with E-state index in [1.54, 1.807) is 0 Å². The topological polar surface area (TPSA) is 71.0 Å². The van der Waals surface area contributed by atoms with Gasteiger partial charge in [-0.2, -0.15) is 0 Å². The summed E-state index contributed by atoms with van der Waals surface area (Å²) < 4.78 is 5.29. The van der Waals surface area contributed by atoms with Crippen molar-refractivity contribution in [3.05, 3.63) is 0 Å². The second-order valence-corrected chi connectivity index (χ2v) is 7.39. The van der Waals surface area contributed by atoms with Gasteiger partial charge >= 0.3 is 0 Å². The molecular weight excluding hydrogens is 342 g/mol. The van der Waals surface area contributed by atoms with Crippen LogP contribution >= 0.6 is 0 Å². The molecule has 0 aromatic carbocycles. The summed E-state index contributed by atoms with van der Waals surface area (Å²) in [4.78, 5) is 24.7. The molecule has 0 radical (unpaired) electrons. The fourth-order valence-electron chi connectivity index (χ4n) is 3.33. The van der Waals surface area contributed by atoms with Gasteiger partial charge in [0.05, 0.1) is 6.61 Å². The lowest BCUT2D eigenvalue weighted by atomic mass is 9.93. The van der Waals surface area contributed by atoms with Gasteiger partial charge in [-0.15, -0.1) is 10.2 Å². The zero-order valence-corrected chi connectivity index (χ0v) is 17.6. The quantitative estimate of drug-likeness (QED) is 0.409. The van der Waals surface area contributed by atoms with Crippen LogP contribution in [0.3, 0.4) is 0 Å². The van der Waals surface area contributed by atoms with E-state index in [9.17, 15) is 9.59 Å². The highest BCUT2D eigenvalue weighted by Crippen LogP contribution is 2.20. The zero-order valence-electron chi connectivity index (χ0n) is 17.6. The Morgan fingerprint density at radius 3 is 2.15 bits per heavy atom.